The summed E-state index contributed by atoms with van der Waals surface area (Å²) in [6.45, 7) is 1.61. The van der Waals surface area contributed by atoms with Gasteiger partial charge in [-0.2, -0.15) is 18.3 Å². The Bertz CT molecular complexity index is 945. The van der Waals surface area contributed by atoms with Gasteiger partial charge in [0.2, 0.25) is 10.0 Å². The highest BCUT2D eigenvalue weighted by Gasteiger charge is 2.37. The summed E-state index contributed by atoms with van der Waals surface area (Å²) in [6, 6.07) is 4.36. The Morgan fingerprint density at radius 1 is 1.25 bits per heavy atom. The maximum Gasteiger partial charge on any atom is 0.436 e. The van der Waals surface area contributed by atoms with Crippen molar-refractivity contribution in [2.45, 2.75) is 31.0 Å². The lowest BCUT2D eigenvalue weighted by molar-refractivity contribution is -0.142. The molecule has 0 saturated heterocycles. The largest absolute Gasteiger partial charge is 0.497 e. The predicted molar refractivity (Wildman–Crippen MR) is 99.0 cm³/mol. The first kappa shape index (κ1) is 22.5. The van der Waals surface area contributed by atoms with E-state index >= 15 is 0 Å². The molecule has 28 heavy (non-hydrogen) atoms. The zero-order valence-electron chi connectivity index (χ0n) is 15.3. The zero-order chi connectivity index (χ0) is 21.1. The average Bonchev–Trinajstić information content (AvgIpc) is 2.93. The Morgan fingerprint density at radius 3 is 2.46 bits per heavy atom. The number of alkyl halides is 3. The van der Waals surface area contributed by atoms with Crippen LogP contribution in [0.25, 0.3) is 0 Å². The highest BCUT2D eigenvalue weighted by atomic mass is 79.9. The van der Waals surface area contributed by atoms with Crippen LogP contribution in [-0.4, -0.2) is 39.0 Å². The standard InChI is InChI=1S/C16H19BrF3N3O4S/c1-10-14(17)15(16(18,19)20)22-23(10)8-4-7-21-28(24,25)13-9-11(26-2)5-6-12(13)27-3/h5-6,9,21H,4,7-8H2,1-3H3. The number of halogens is 4. The van der Waals surface area contributed by atoms with Gasteiger partial charge in [0.15, 0.2) is 5.69 Å². The molecule has 0 aliphatic rings. The number of benzene rings is 1. The number of methoxy groups -OCH3 is 2. The molecule has 0 saturated carbocycles. The van der Waals surface area contributed by atoms with Crippen LogP contribution in [0.2, 0.25) is 0 Å². The summed E-state index contributed by atoms with van der Waals surface area (Å²) >= 11 is 2.90. The molecule has 12 heteroatoms. The lowest BCUT2D eigenvalue weighted by atomic mass is 10.3. The molecule has 0 aliphatic carbocycles. The Hall–Kier alpha value is -1.79. The number of hydrogen-bond donors (Lipinski definition) is 1. The molecule has 0 fully saturated rings. The molecule has 7 nitrogen and oxygen atoms in total. The van der Waals surface area contributed by atoms with E-state index in [0.29, 0.717) is 11.4 Å². The second kappa shape index (κ2) is 8.70. The molecule has 0 amide bonds. The van der Waals surface area contributed by atoms with Crippen LogP contribution in [0, 0.1) is 6.92 Å². The first-order valence-corrected chi connectivity index (χ1v) is 10.3. The zero-order valence-corrected chi connectivity index (χ0v) is 17.7. The van der Waals surface area contributed by atoms with Gasteiger partial charge < -0.3 is 9.47 Å². The second-order valence-corrected chi connectivity index (χ2v) is 8.27. The third-order valence-corrected chi connectivity index (χ3v) is 6.33. The van der Waals surface area contributed by atoms with E-state index < -0.39 is 21.9 Å². The van der Waals surface area contributed by atoms with Crippen LogP contribution in [0.5, 0.6) is 11.5 Å². The van der Waals surface area contributed by atoms with Crippen molar-refractivity contribution in [2.24, 2.45) is 0 Å². The van der Waals surface area contributed by atoms with Crippen molar-refractivity contribution in [3.8, 4) is 11.5 Å². The lowest BCUT2D eigenvalue weighted by Crippen LogP contribution is -2.26. The molecule has 2 rings (SSSR count). The molecule has 0 bridgehead atoms. The minimum atomic E-state index is -4.57. The molecule has 156 valence electrons. The molecular formula is C16H19BrF3N3O4S. The van der Waals surface area contributed by atoms with Crippen LogP contribution in [-0.2, 0) is 22.7 Å². The van der Waals surface area contributed by atoms with Gasteiger partial charge in [-0.25, -0.2) is 13.1 Å². The van der Waals surface area contributed by atoms with Crippen LogP contribution < -0.4 is 14.2 Å². The van der Waals surface area contributed by atoms with Crippen LogP contribution in [0.15, 0.2) is 27.6 Å². The van der Waals surface area contributed by atoms with E-state index in [0.717, 1.165) is 0 Å². The quantitative estimate of drug-likeness (QED) is 0.579. The molecule has 0 radical (unpaired) electrons. The number of aryl methyl sites for hydroxylation is 1. The van der Waals surface area contributed by atoms with Gasteiger partial charge in [0, 0.05) is 19.2 Å². The number of hydrogen-bond acceptors (Lipinski definition) is 5. The van der Waals surface area contributed by atoms with Gasteiger partial charge in [-0.05, 0) is 41.4 Å². The minimum absolute atomic E-state index is 0.000960. The highest BCUT2D eigenvalue weighted by Crippen LogP contribution is 2.35. The van der Waals surface area contributed by atoms with Gasteiger partial charge in [-0.15, -0.1) is 0 Å². The number of sulfonamides is 1. The Morgan fingerprint density at radius 2 is 1.93 bits per heavy atom. The van der Waals surface area contributed by atoms with Crippen LogP contribution in [0.4, 0.5) is 13.2 Å². The van der Waals surface area contributed by atoms with Gasteiger partial charge >= 0.3 is 6.18 Å². The van der Waals surface area contributed by atoms with Crippen molar-refractivity contribution in [1.82, 2.24) is 14.5 Å². The number of aromatic nitrogens is 2. The fraction of sp³-hybridized carbons (Fsp3) is 0.438. The van der Waals surface area contributed by atoms with Gasteiger partial charge in [-0.3, -0.25) is 4.68 Å². The number of nitrogens with zero attached hydrogens (tertiary/aromatic N) is 2. The Labute approximate surface area is 169 Å². The van der Waals surface area contributed by atoms with E-state index in [-0.39, 0.29) is 34.6 Å². The van der Waals surface area contributed by atoms with E-state index in [1.165, 1.54) is 38.0 Å². The Kier molecular flexibility index (Phi) is 6.99. The van der Waals surface area contributed by atoms with Gasteiger partial charge in [0.05, 0.1) is 24.4 Å². The summed E-state index contributed by atoms with van der Waals surface area (Å²) in [5, 5.41) is 3.55. The van der Waals surface area contributed by atoms with Gasteiger partial charge in [-0.1, -0.05) is 0 Å². The predicted octanol–water partition coefficient (Wildman–Crippen LogP) is 3.36. The third kappa shape index (κ3) is 4.97. The van der Waals surface area contributed by atoms with Crippen molar-refractivity contribution in [3.05, 3.63) is 34.1 Å². The van der Waals surface area contributed by atoms with Crippen molar-refractivity contribution >= 4 is 26.0 Å². The van der Waals surface area contributed by atoms with Crippen LogP contribution in [0.1, 0.15) is 17.8 Å². The fourth-order valence-corrected chi connectivity index (χ4v) is 4.20. The molecule has 1 heterocycles. The molecular weight excluding hydrogens is 467 g/mol. The van der Waals surface area contributed by atoms with Crippen molar-refractivity contribution in [2.75, 3.05) is 20.8 Å². The van der Waals surface area contributed by atoms with Crippen molar-refractivity contribution in [3.63, 3.8) is 0 Å². The van der Waals surface area contributed by atoms with Crippen molar-refractivity contribution < 1.29 is 31.1 Å². The summed E-state index contributed by atoms with van der Waals surface area (Å²) in [6.07, 6.45) is -4.34. The fourth-order valence-electron chi connectivity index (χ4n) is 2.43. The van der Waals surface area contributed by atoms with Gasteiger partial charge in [0.25, 0.3) is 0 Å². The first-order valence-electron chi connectivity index (χ1n) is 8.03. The molecule has 1 aromatic heterocycles. The summed E-state index contributed by atoms with van der Waals surface area (Å²) in [7, 11) is -1.15. The van der Waals surface area contributed by atoms with E-state index in [1.54, 1.807) is 6.07 Å². The van der Waals surface area contributed by atoms with E-state index in [1.807, 2.05) is 0 Å². The molecule has 0 unspecified atom stereocenters. The molecule has 1 N–H and O–H groups in total. The smallest absolute Gasteiger partial charge is 0.436 e. The molecule has 0 aliphatic heterocycles. The lowest BCUT2D eigenvalue weighted by Gasteiger charge is -2.12. The molecule has 2 aromatic rings. The summed E-state index contributed by atoms with van der Waals surface area (Å²) in [4.78, 5) is -0.0910. The highest BCUT2D eigenvalue weighted by molar-refractivity contribution is 9.10. The van der Waals surface area contributed by atoms with E-state index in [9.17, 15) is 21.6 Å². The SMILES string of the molecule is COc1ccc(OC)c(S(=O)(=O)NCCCn2nc(C(F)(F)F)c(Br)c2C)c1. The van der Waals surface area contributed by atoms with Crippen LogP contribution >= 0.6 is 15.9 Å². The maximum atomic E-state index is 12.9. The number of nitrogens with one attached hydrogen (secondary N) is 1. The maximum absolute atomic E-state index is 12.9. The number of rotatable bonds is 8. The average molecular weight is 486 g/mol. The van der Waals surface area contributed by atoms with Gasteiger partial charge in [0.1, 0.15) is 16.4 Å². The topological polar surface area (TPSA) is 82.5 Å². The molecule has 1 aromatic carbocycles. The summed E-state index contributed by atoms with van der Waals surface area (Å²) in [5.41, 5.74) is -0.698. The Balaban J connectivity index is 2.06. The number of ether oxygens (including phenoxy) is 2. The van der Waals surface area contributed by atoms with E-state index in [2.05, 4.69) is 25.8 Å². The summed E-state index contributed by atoms with van der Waals surface area (Å²) in [5.74, 6) is 0.493. The summed E-state index contributed by atoms with van der Waals surface area (Å²) < 4.78 is 77.3. The molecule has 0 spiro atoms. The first-order chi connectivity index (χ1) is 13.0. The van der Waals surface area contributed by atoms with Crippen molar-refractivity contribution in [1.29, 1.82) is 0 Å². The van der Waals surface area contributed by atoms with E-state index in [4.69, 9.17) is 9.47 Å². The third-order valence-electron chi connectivity index (χ3n) is 3.90. The van der Waals surface area contributed by atoms with Crippen LogP contribution in [0.3, 0.4) is 0 Å². The molecule has 0 atom stereocenters. The second-order valence-electron chi connectivity index (χ2n) is 5.74. The minimum Gasteiger partial charge on any atom is -0.497 e. The monoisotopic (exact) mass is 485 g/mol. The normalized spacial score (nSPS) is 12.2.